The quantitative estimate of drug-likeness (QED) is 0.0468. The molecule has 0 spiro atoms. The smallest absolute Gasteiger partial charge is 0.305 e. The fourth-order valence-corrected chi connectivity index (χ4v) is 5.45. The van der Waals surface area contributed by atoms with Crippen LogP contribution < -0.4 is 0 Å². The van der Waals surface area contributed by atoms with Crippen molar-refractivity contribution in [2.45, 2.75) is 206 Å². The number of hydrogen-bond acceptors (Lipinski definition) is 3. The molecule has 1 N–H and O–H groups in total. The maximum Gasteiger partial charge on any atom is 0.305 e. The summed E-state index contributed by atoms with van der Waals surface area (Å²) in [4.78, 5) is 22.4. The lowest BCUT2D eigenvalue weighted by Gasteiger charge is -2.06. The first-order valence-electron chi connectivity index (χ1n) is 18.2. The number of rotatable bonds is 34. The first kappa shape index (κ1) is 39.7. The maximum absolute atomic E-state index is 11.9. The Bertz CT molecular complexity index is 571. The SMILES string of the molecule is CCCCCC/C=C\CCCCCCCC(=O)OCCCCCCCCCCCCCCCCCCCCC(=O)O. The number of carbonyl (C=O) groups is 2. The number of carboxylic acids is 1. The molecule has 0 atom stereocenters. The Morgan fingerprint density at radius 3 is 1.22 bits per heavy atom. The number of hydrogen-bond donors (Lipinski definition) is 1. The summed E-state index contributed by atoms with van der Waals surface area (Å²) < 4.78 is 5.42. The third kappa shape index (κ3) is 36.7. The van der Waals surface area contributed by atoms with Crippen LogP contribution >= 0.6 is 0 Å². The van der Waals surface area contributed by atoms with Crippen LogP contribution in [0.1, 0.15) is 206 Å². The molecule has 0 aliphatic rings. The maximum atomic E-state index is 11.9. The van der Waals surface area contributed by atoms with E-state index in [9.17, 15) is 9.59 Å². The van der Waals surface area contributed by atoms with Crippen LogP contribution in [0.4, 0.5) is 0 Å². The van der Waals surface area contributed by atoms with Crippen molar-refractivity contribution in [3.63, 3.8) is 0 Å². The molecule has 0 aromatic carbocycles. The van der Waals surface area contributed by atoms with Crippen molar-refractivity contribution in [2.75, 3.05) is 6.61 Å². The fourth-order valence-electron chi connectivity index (χ4n) is 5.45. The van der Waals surface area contributed by atoms with Crippen molar-refractivity contribution in [2.24, 2.45) is 0 Å². The second-order valence-electron chi connectivity index (χ2n) is 12.4. The number of carbonyl (C=O) groups excluding carboxylic acids is 1. The van der Waals surface area contributed by atoms with E-state index in [0.717, 1.165) is 32.1 Å². The van der Waals surface area contributed by atoms with Crippen LogP contribution in [0.25, 0.3) is 0 Å². The monoisotopic (exact) mass is 579 g/mol. The van der Waals surface area contributed by atoms with Gasteiger partial charge in [-0.15, -0.1) is 0 Å². The molecule has 0 unspecified atom stereocenters. The number of carboxylic acid groups (broad SMARTS) is 1. The summed E-state index contributed by atoms with van der Waals surface area (Å²) in [6.07, 6.45) is 42.2. The highest BCUT2D eigenvalue weighted by atomic mass is 16.5. The molecule has 0 saturated heterocycles. The van der Waals surface area contributed by atoms with Crippen LogP contribution in [-0.4, -0.2) is 23.7 Å². The van der Waals surface area contributed by atoms with Crippen LogP contribution in [0.2, 0.25) is 0 Å². The van der Waals surface area contributed by atoms with Gasteiger partial charge in [-0.05, 0) is 44.9 Å². The zero-order chi connectivity index (χ0) is 29.9. The van der Waals surface area contributed by atoms with E-state index in [1.165, 1.54) is 154 Å². The van der Waals surface area contributed by atoms with E-state index >= 15 is 0 Å². The number of esters is 1. The molecular formula is C37H70O4. The summed E-state index contributed by atoms with van der Waals surface area (Å²) in [5.74, 6) is -0.661. The summed E-state index contributed by atoms with van der Waals surface area (Å²) in [5.41, 5.74) is 0. The van der Waals surface area contributed by atoms with E-state index in [0.29, 0.717) is 19.4 Å². The first-order chi connectivity index (χ1) is 20.2. The number of unbranched alkanes of at least 4 members (excludes halogenated alkanes) is 26. The van der Waals surface area contributed by atoms with Gasteiger partial charge in [0.15, 0.2) is 0 Å². The van der Waals surface area contributed by atoms with E-state index < -0.39 is 5.97 Å². The molecular weight excluding hydrogens is 508 g/mol. The van der Waals surface area contributed by atoms with Crippen LogP contribution in [0, 0.1) is 0 Å². The normalized spacial score (nSPS) is 11.4. The fraction of sp³-hybridized carbons (Fsp3) is 0.892. The topological polar surface area (TPSA) is 63.6 Å². The molecule has 0 amide bonds. The number of aliphatic carboxylic acids is 1. The minimum atomic E-state index is -0.662. The van der Waals surface area contributed by atoms with Crippen LogP contribution in [0.3, 0.4) is 0 Å². The molecule has 0 rings (SSSR count). The average molecular weight is 579 g/mol. The molecule has 0 aliphatic heterocycles. The molecule has 0 aliphatic carbocycles. The van der Waals surface area contributed by atoms with Crippen LogP contribution in [0.15, 0.2) is 12.2 Å². The summed E-state index contributed by atoms with van der Waals surface area (Å²) >= 11 is 0. The van der Waals surface area contributed by atoms with Gasteiger partial charge in [-0.3, -0.25) is 9.59 Å². The van der Waals surface area contributed by atoms with Gasteiger partial charge in [0.1, 0.15) is 0 Å². The van der Waals surface area contributed by atoms with Gasteiger partial charge in [0.25, 0.3) is 0 Å². The number of allylic oxidation sites excluding steroid dienone is 2. The highest BCUT2D eigenvalue weighted by molar-refractivity contribution is 5.69. The molecule has 41 heavy (non-hydrogen) atoms. The third-order valence-electron chi connectivity index (χ3n) is 8.19. The molecule has 0 heterocycles. The van der Waals surface area contributed by atoms with Crippen molar-refractivity contribution in [3.05, 3.63) is 12.2 Å². The Hall–Kier alpha value is -1.32. The highest BCUT2D eigenvalue weighted by Gasteiger charge is 2.03. The Balaban J connectivity index is 3.17. The van der Waals surface area contributed by atoms with Gasteiger partial charge in [0, 0.05) is 12.8 Å². The van der Waals surface area contributed by atoms with Gasteiger partial charge in [0.05, 0.1) is 6.61 Å². The molecule has 242 valence electrons. The molecule has 0 bridgehead atoms. The van der Waals surface area contributed by atoms with E-state index in [-0.39, 0.29) is 5.97 Å². The Morgan fingerprint density at radius 1 is 0.463 bits per heavy atom. The van der Waals surface area contributed by atoms with Gasteiger partial charge >= 0.3 is 11.9 Å². The molecule has 0 saturated carbocycles. The van der Waals surface area contributed by atoms with Gasteiger partial charge in [0.2, 0.25) is 0 Å². The second kappa shape index (κ2) is 34.9. The van der Waals surface area contributed by atoms with E-state index in [4.69, 9.17) is 9.84 Å². The predicted octanol–water partition coefficient (Wildman–Crippen LogP) is 12.3. The summed E-state index contributed by atoms with van der Waals surface area (Å²) in [6.45, 7) is 2.87. The lowest BCUT2D eigenvalue weighted by atomic mass is 10.0. The molecule has 0 aromatic heterocycles. The Kier molecular flexibility index (Phi) is 33.8. The summed E-state index contributed by atoms with van der Waals surface area (Å²) in [5, 5.41) is 8.63. The standard InChI is InChI=1S/C37H70O4/c1-2-3-4-5-6-7-8-15-19-22-25-28-31-34-37(40)41-35-32-29-26-23-20-17-14-12-10-9-11-13-16-18-21-24-27-30-33-36(38)39/h7-8H,2-6,9-35H2,1H3,(H,38,39)/b8-7-. The van der Waals surface area contributed by atoms with Gasteiger partial charge < -0.3 is 9.84 Å². The Labute approximate surface area is 255 Å². The van der Waals surface area contributed by atoms with Crippen molar-refractivity contribution >= 4 is 11.9 Å². The lowest BCUT2D eigenvalue weighted by Crippen LogP contribution is -2.05. The van der Waals surface area contributed by atoms with Gasteiger partial charge in [-0.25, -0.2) is 0 Å². The van der Waals surface area contributed by atoms with Crippen LogP contribution in [-0.2, 0) is 14.3 Å². The first-order valence-corrected chi connectivity index (χ1v) is 18.2. The zero-order valence-corrected chi connectivity index (χ0v) is 27.5. The molecule has 0 aromatic rings. The summed E-state index contributed by atoms with van der Waals surface area (Å²) in [6, 6.07) is 0. The second-order valence-corrected chi connectivity index (χ2v) is 12.4. The van der Waals surface area contributed by atoms with Crippen molar-refractivity contribution in [1.29, 1.82) is 0 Å². The van der Waals surface area contributed by atoms with Crippen LogP contribution in [0.5, 0.6) is 0 Å². The van der Waals surface area contributed by atoms with Gasteiger partial charge in [-0.2, -0.15) is 0 Å². The molecule has 4 heteroatoms. The van der Waals surface area contributed by atoms with Crippen molar-refractivity contribution < 1.29 is 19.4 Å². The zero-order valence-electron chi connectivity index (χ0n) is 27.5. The van der Waals surface area contributed by atoms with E-state index in [2.05, 4.69) is 19.1 Å². The van der Waals surface area contributed by atoms with E-state index in [1.54, 1.807) is 0 Å². The van der Waals surface area contributed by atoms with Gasteiger partial charge in [-0.1, -0.05) is 160 Å². The molecule has 4 nitrogen and oxygen atoms in total. The Morgan fingerprint density at radius 2 is 0.805 bits per heavy atom. The highest BCUT2D eigenvalue weighted by Crippen LogP contribution is 2.15. The predicted molar refractivity (Wildman–Crippen MR) is 177 cm³/mol. The minimum Gasteiger partial charge on any atom is -0.481 e. The third-order valence-corrected chi connectivity index (χ3v) is 8.19. The van der Waals surface area contributed by atoms with Crippen molar-refractivity contribution in [3.8, 4) is 0 Å². The van der Waals surface area contributed by atoms with E-state index in [1.807, 2.05) is 0 Å². The minimum absolute atomic E-state index is 0.000899. The summed E-state index contributed by atoms with van der Waals surface area (Å²) in [7, 11) is 0. The average Bonchev–Trinajstić information content (AvgIpc) is 2.96. The molecule has 0 radical (unpaired) electrons. The number of ether oxygens (including phenoxy) is 1. The largest absolute Gasteiger partial charge is 0.481 e. The lowest BCUT2D eigenvalue weighted by molar-refractivity contribution is -0.144. The van der Waals surface area contributed by atoms with Crippen molar-refractivity contribution in [1.82, 2.24) is 0 Å². The molecule has 0 fully saturated rings.